The van der Waals surface area contributed by atoms with Gasteiger partial charge < -0.3 is 15.5 Å². The van der Waals surface area contributed by atoms with E-state index < -0.39 is 18.0 Å². The van der Waals surface area contributed by atoms with Crippen LogP contribution >= 0.6 is 0 Å². The van der Waals surface area contributed by atoms with E-state index in [9.17, 15) is 14.4 Å². The maximum Gasteiger partial charge on any atom is 0.326 e. The molecule has 25 heavy (non-hydrogen) atoms. The maximum atomic E-state index is 11.8. The second-order valence-corrected chi connectivity index (χ2v) is 6.53. The number of aliphatic carboxylic acids is 2. The summed E-state index contributed by atoms with van der Waals surface area (Å²) < 4.78 is 7.07. The minimum atomic E-state index is -1.20. The van der Waals surface area contributed by atoms with E-state index >= 15 is 0 Å². The first-order valence-corrected chi connectivity index (χ1v) is 9.50. The molecule has 0 rings (SSSR count). The summed E-state index contributed by atoms with van der Waals surface area (Å²) in [5.41, 5.74) is 0. The maximum absolute atomic E-state index is 11.8. The molecule has 0 spiro atoms. The highest BCUT2D eigenvalue weighted by molar-refractivity contribution is 5.83. The van der Waals surface area contributed by atoms with E-state index in [1.54, 1.807) is 0 Å². The summed E-state index contributed by atoms with van der Waals surface area (Å²) >= 11 is 0. The largest absolute Gasteiger partial charge is 0.481 e. The van der Waals surface area contributed by atoms with E-state index in [1.165, 1.54) is 38.5 Å². The molecule has 0 aliphatic heterocycles. The average Bonchev–Trinajstić information content (AvgIpc) is 2.59. The smallest absolute Gasteiger partial charge is 0.326 e. The van der Waals surface area contributed by atoms with Crippen molar-refractivity contribution in [3.05, 3.63) is 0 Å². The van der Waals surface area contributed by atoms with Gasteiger partial charge in [0.25, 0.3) is 0 Å². The second kappa shape index (κ2) is 15.9. The Kier molecular flexibility index (Phi) is 13.7. The molecule has 0 aliphatic carbocycles. The predicted octanol–water partition coefficient (Wildman–Crippen LogP) is 4.12. The molecule has 0 saturated heterocycles. The van der Waals surface area contributed by atoms with Crippen LogP contribution in [-0.2, 0) is 14.4 Å². The molecule has 0 aliphatic rings. The fourth-order valence-electron chi connectivity index (χ4n) is 2.67. The van der Waals surface area contributed by atoms with Crippen molar-refractivity contribution < 1.29 is 26.0 Å². The number of amides is 1. The van der Waals surface area contributed by atoms with Crippen LogP contribution in [0.2, 0.25) is 0 Å². The fourth-order valence-corrected chi connectivity index (χ4v) is 2.67. The first kappa shape index (κ1) is 21.5. The number of hydrogen-bond donors (Lipinski definition) is 3. The van der Waals surface area contributed by atoms with Gasteiger partial charge in [-0.2, -0.15) is 0 Å². The Balaban J connectivity index is 3.55. The van der Waals surface area contributed by atoms with Crippen LogP contribution in [0.5, 0.6) is 0 Å². The molecule has 0 aromatic rings. The van der Waals surface area contributed by atoms with Gasteiger partial charge in [-0.3, -0.25) is 9.59 Å². The summed E-state index contributed by atoms with van der Waals surface area (Å²) in [5.74, 6) is -2.59. The van der Waals surface area contributed by atoms with Gasteiger partial charge in [-0.15, -0.1) is 0 Å². The summed E-state index contributed by atoms with van der Waals surface area (Å²) in [4.78, 5) is 33.3. The average molecular weight is 358 g/mol. The number of carbonyl (C=O) groups excluding carboxylic acids is 1. The molecule has 1 atom stereocenters. The van der Waals surface area contributed by atoms with E-state index in [-0.39, 0.29) is 25.2 Å². The number of carbonyl (C=O) groups is 3. The Bertz CT molecular complexity index is 403. The molecule has 0 fully saturated rings. The summed E-state index contributed by atoms with van der Waals surface area (Å²) in [6.07, 6.45) is 12.2. The van der Waals surface area contributed by atoms with Crippen molar-refractivity contribution in [2.75, 3.05) is 0 Å². The highest BCUT2D eigenvalue weighted by Gasteiger charge is 2.20. The summed E-state index contributed by atoms with van der Waals surface area (Å²) in [5, 5.41) is 20.0. The van der Waals surface area contributed by atoms with Crippen LogP contribution in [0.15, 0.2) is 0 Å². The Morgan fingerprint density at radius 3 is 1.84 bits per heavy atom. The second-order valence-electron chi connectivity index (χ2n) is 6.53. The van der Waals surface area contributed by atoms with Gasteiger partial charge >= 0.3 is 11.9 Å². The van der Waals surface area contributed by atoms with Gasteiger partial charge in [0, 0.05) is 14.2 Å². The third-order valence-corrected chi connectivity index (χ3v) is 4.18. The van der Waals surface area contributed by atoms with E-state index in [0.29, 0.717) is 6.90 Å². The van der Waals surface area contributed by atoms with Crippen molar-refractivity contribution in [2.45, 2.75) is 103 Å². The van der Waals surface area contributed by atoms with Gasteiger partial charge in [0.15, 0.2) is 0 Å². The third kappa shape index (κ3) is 15.7. The molecule has 0 heterocycles. The van der Waals surface area contributed by atoms with Gasteiger partial charge in [-0.25, -0.2) is 4.79 Å². The molecule has 0 aromatic carbocycles. The van der Waals surface area contributed by atoms with Crippen LogP contribution in [0.3, 0.4) is 0 Å². The van der Waals surface area contributed by atoms with Crippen molar-refractivity contribution >= 4 is 17.8 Å². The lowest BCUT2D eigenvalue weighted by Gasteiger charge is -2.13. The number of rotatable bonds is 17. The molecule has 0 bridgehead atoms. The zero-order valence-electron chi connectivity index (χ0n) is 16.3. The Labute approximate surface area is 152 Å². The lowest BCUT2D eigenvalue weighted by atomic mass is 10.0. The Morgan fingerprint density at radius 1 is 0.840 bits per heavy atom. The molecule has 0 radical (unpaired) electrons. The highest BCUT2D eigenvalue weighted by atomic mass is 16.4. The van der Waals surface area contributed by atoms with Gasteiger partial charge in [0.1, 0.15) is 6.04 Å². The topological polar surface area (TPSA) is 104 Å². The third-order valence-electron chi connectivity index (χ3n) is 4.18. The zero-order chi connectivity index (χ0) is 19.6. The molecule has 6 heteroatoms. The molecule has 6 nitrogen and oxygen atoms in total. The van der Waals surface area contributed by atoms with Crippen LogP contribution in [0.4, 0.5) is 0 Å². The van der Waals surface area contributed by atoms with Gasteiger partial charge in [0.05, 0.1) is 0 Å². The monoisotopic (exact) mass is 358 g/mol. The minimum Gasteiger partial charge on any atom is -0.481 e. The molecule has 1 amide bonds. The molecule has 146 valence electrons. The van der Waals surface area contributed by atoms with Crippen LogP contribution in [0.25, 0.3) is 0 Å². The molecular formula is C19H35NO5. The lowest BCUT2D eigenvalue weighted by molar-refractivity contribution is -0.143. The lowest BCUT2D eigenvalue weighted by Crippen LogP contribution is -2.41. The van der Waals surface area contributed by atoms with Gasteiger partial charge in [-0.05, 0) is 12.8 Å². The number of carboxylic acid groups (broad SMARTS) is 2. The number of nitrogens with one attached hydrogen (secondary N) is 1. The normalized spacial score (nSPS) is 12.4. The Hall–Kier alpha value is -1.59. The van der Waals surface area contributed by atoms with E-state index in [4.69, 9.17) is 11.6 Å². The molecule has 0 unspecified atom stereocenters. The van der Waals surface area contributed by atoms with Crippen molar-refractivity contribution in [1.82, 2.24) is 5.32 Å². The summed E-state index contributed by atoms with van der Waals surface area (Å²) in [6, 6.07) is -1.13. The Morgan fingerprint density at radius 2 is 1.36 bits per heavy atom. The highest BCUT2D eigenvalue weighted by Crippen LogP contribution is 2.12. The van der Waals surface area contributed by atoms with Gasteiger partial charge in [0.2, 0.25) is 5.91 Å². The van der Waals surface area contributed by atoms with Crippen molar-refractivity contribution in [2.24, 2.45) is 0 Å². The van der Waals surface area contributed by atoms with Crippen LogP contribution in [0, 0.1) is 0 Å². The fraction of sp³-hybridized carbons (Fsp3) is 0.842. The van der Waals surface area contributed by atoms with E-state index in [2.05, 4.69) is 5.32 Å². The quantitative estimate of drug-likeness (QED) is 0.339. The predicted molar refractivity (Wildman–Crippen MR) is 97.5 cm³/mol. The minimum absolute atomic E-state index is 0.0977. The van der Waals surface area contributed by atoms with Crippen LogP contribution < -0.4 is 5.32 Å². The van der Waals surface area contributed by atoms with Crippen molar-refractivity contribution in [3.8, 4) is 0 Å². The van der Waals surface area contributed by atoms with E-state index in [0.717, 1.165) is 32.1 Å². The number of carboxylic acids is 2. The van der Waals surface area contributed by atoms with Crippen LogP contribution in [0.1, 0.15) is 98.2 Å². The first-order valence-electron chi connectivity index (χ1n) is 10.2. The SMILES string of the molecule is [2H]CCCCCCCCCCCCCC(=O)N[C@@H](CCC(=O)O)C(=O)O. The summed E-state index contributed by atoms with van der Waals surface area (Å²) in [6.45, 7) is 0.539. The van der Waals surface area contributed by atoms with Gasteiger partial charge in [-0.1, -0.05) is 71.1 Å². The standard InChI is InChI=1S/C19H35NO5/c1-2-3-4-5-6-7-8-9-10-11-12-13-17(21)20-16(19(24)25)14-15-18(22)23/h16H,2-15H2,1H3,(H,20,21)(H,22,23)(H,24,25)/t16-/m0/s1/i1D. The summed E-state index contributed by atoms with van der Waals surface area (Å²) in [7, 11) is 0. The first-order chi connectivity index (χ1) is 12.5. The van der Waals surface area contributed by atoms with E-state index in [1.807, 2.05) is 0 Å². The van der Waals surface area contributed by atoms with Crippen molar-refractivity contribution in [1.29, 1.82) is 0 Å². The van der Waals surface area contributed by atoms with Crippen LogP contribution in [-0.4, -0.2) is 34.1 Å². The molecule has 0 aromatic heterocycles. The molecule has 0 saturated carbocycles. The van der Waals surface area contributed by atoms with Crippen molar-refractivity contribution in [3.63, 3.8) is 0 Å². The molecule has 3 N–H and O–H groups in total. The zero-order valence-corrected chi connectivity index (χ0v) is 15.3. The molecular weight excluding hydrogens is 322 g/mol. The number of hydrogen-bond acceptors (Lipinski definition) is 3. The number of unbranched alkanes of at least 4 members (excludes halogenated alkanes) is 10.